The van der Waals surface area contributed by atoms with E-state index < -0.39 is 0 Å². The highest BCUT2D eigenvalue weighted by molar-refractivity contribution is 6.99. The Bertz CT molecular complexity index is 774. The Kier molecular flexibility index (Phi) is 4.70. The third-order valence-corrected chi connectivity index (χ3v) is 5.72. The summed E-state index contributed by atoms with van der Waals surface area (Å²) in [5.41, 5.74) is 1.84. The molecule has 2 aromatic rings. The van der Waals surface area contributed by atoms with Gasteiger partial charge in [-0.05, 0) is 44.0 Å². The molecular weight excluding hydrogens is 342 g/mol. The molecule has 2 bridgehead atoms. The first-order chi connectivity index (χ1) is 11.8. The first-order valence-corrected chi connectivity index (χ1v) is 9.33. The van der Waals surface area contributed by atoms with Gasteiger partial charge in [-0.25, -0.2) is 0 Å². The molecular formula is C18H18ClN3OS. The minimum Gasteiger partial charge on any atom is -0.463 e. The first-order valence-electron chi connectivity index (χ1n) is 8.22. The quantitative estimate of drug-likeness (QED) is 0.787. The van der Waals surface area contributed by atoms with E-state index in [0.717, 1.165) is 23.7 Å². The van der Waals surface area contributed by atoms with Crippen LogP contribution in [0.15, 0.2) is 24.3 Å². The summed E-state index contributed by atoms with van der Waals surface area (Å²) in [6, 6.07) is 7.55. The van der Waals surface area contributed by atoms with Gasteiger partial charge in [0.05, 0.1) is 16.8 Å². The molecule has 124 valence electrons. The summed E-state index contributed by atoms with van der Waals surface area (Å²) in [6.07, 6.45) is 2.52. The van der Waals surface area contributed by atoms with Gasteiger partial charge in [-0.3, -0.25) is 0 Å². The number of benzene rings is 1. The predicted molar refractivity (Wildman–Crippen MR) is 95.6 cm³/mol. The van der Waals surface area contributed by atoms with Crippen LogP contribution in [-0.4, -0.2) is 39.9 Å². The lowest BCUT2D eigenvalue weighted by Crippen LogP contribution is -2.46. The zero-order valence-electron chi connectivity index (χ0n) is 13.2. The van der Waals surface area contributed by atoms with Crippen molar-refractivity contribution in [2.75, 3.05) is 26.2 Å². The summed E-state index contributed by atoms with van der Waals surface area (Å²) in [5.74, 6) is 7.89. The number of ether oxygens (including phenoxy) is 1. The molecule has 6 heteroatoms. The van der Waals surface area contributed by atoms with Crippen LogP contribution >= 0.6 is 23.3 Å². The Morgan fingerprint density at radius 2 is 2.08 bits per heavy atom. The summed E-state index contributed by atoms with van der Waals surface area (Å²) in [5, 5.41) is 0.660. The molecule has 0 N–H and O–H groups in total. The maximum atomic E-state index is 6.10. The van der Waals surface area contributed by atoms with Crippen LogP contribution < -0.4 is 4.74 Å². The molecule has 0 spiro atoms. The molecule has 4 heterocycles. The smallest absolute Gasteiger partial charge is 0.250 e. The Morgan fingerprint density at radius 1 is 1.25 bits per heavy atom. The van der Waals surface area contributed by atoms with Gasteiger partial charge in [-0.15, -0.1) is 4.37 Å². The fourth-order valence-corrected chi connectivity index (χ4v) is 4.33. The van der Waals surface area contributed by atoms with Crippen molar-refractivity contribution in [3.05, 3.63) is 40.5 Å². The molecule has 24 heavy (non-hydrogen) atoms. The first kappa shape index (κ1) is 15.9. The van der Waals surface area contributed by atoms with Crippen molar-refractivity contribution in [2.45, 2.75) is 18.8 Å². The number of piperidine rings is 3. The highest BCUT2D eigenvalue weighted by Crippen LogP contribution is 2.41. The van der Waals surface area contributed by atoms with Gasteiger partial charge in [0.1, 0.15) is 5.69 Å². The lowest BCUT2D eigenvalue weighted by atomic mass is 9.77. The normalized spacial score (nSPS) is 25.1. The Morgan fingerprint density at radius 3 is 2.83 bits per heavy atom. The van der Waals surface area contributed by atoms with Gasteiger partial charge in [-0.2, -0.15) is 4.37 Å². The molecule has 3 aliphatic heterocycles. The van der Waals surface area contributed by atoms with E-state index in [1.165, 1.54) is 37.7 Å². The van der Waals surface area contributed by atoms with Gasteiger partial charge in [0.25, 0.3) is 0 Å². The number of aromatic nitrogens is 2. The van der Waals surface area contributed by atoms with Crippen molar-refractivity contribution in [1.29, 1.82) is 0 Å². The highest BCUT2D eigenvalue weighted by Gasteiger charge is 2.38. The van der Waals surface area contributed by atoms with E-state index in [9.17, 15) is 0 Å². The molecule has 3 fully saturated rings. The van der Waals surface area contributed by atoms with Crippen molar-refractivity contribution < 1.29 is 4.74 Å². The van der Waals surface area contributed by atoms with Crippen LogP contribution in [0.25, 0.3) is 0 Å². The number of hydrogen-bond acceptors (Lipinski definition) is 5. The van der Waals surface area contributed by atoms with E-state index in [1.54, 1.807) is 0 Å². The second-order valence-corrected chi connectivity index (χ2v) is 7.21. The minimum absolute atomic E-state index is 0.296. The summed E-state index contributed by atoms with van der Waals surface area (Å²) in [7, 11) is 0. The van der Waals surface area contributed by atoms with Crippen molar-refractivity contribution in [3.63, 3.8) is 0 Å². The van der Waals surface area contributed by atoms with Crippen LogP contribution in [0.4, 0.5) is 0 Å². The molecule has 0 saturated carbocycles. The summed E-state index contributed by atoms with van der Waals surface area (Å²) in [6.45, 7) is 3.82. The summed E-state index contributed by atoms with van der Waals surface area (Å²) in [4.78, 5) is 2.52. The molecule has 0 aliphatic carbocycles. The van der Waals surface area contributed by atoms with Crippen LogP contribution in [0.1, 0.15) is 30.0 Å². The van der Waals surface area contributed by atoms with Crippen molar-refractivity contribution in [1.82, 2.24) is 13.6 Å². The van der Waals surface area contributed by atoms with Gasteiger partial charge in [0.2, 0.25) is 5.88 Å². The number of halogens is 1. The SMILES string of the molecule is Clc1ccccc1C#CCOc1nsnc1C1CN2CCC1CC2. The topological polar surface area (TPSA) is 38.3 Å². The Labute approximate surface area is 151 Å². The monoisotopic (exact) mass is 359 g/mol. The third kappa shape index (κ3) is 3.27. The van der Waals surface area contributed by atoms with Crippen molar-refractivity contribution in [2.24, 2.45) is 5.92 Å². The Hall–Kier alpha value is -1.61. The molecule has 1 unspecified atom stereocenters. The van der Waals surface area contributed by atoms with E-state index in [1.807, 2.05) is 24.3 Å². The average molecular weight is 360 g/mol. The van der Waals surface area contributed by atoms with Crippen LogP contribution in [0.3, 0.4) is 0 Å². The molecule has 1 aromatic heterocycles. The molecule has 5 rings (SSSR count). The number of nitrogens with zero attached hydrogens (tertiary/aromatic N) is 3. The molecule has 1 aromatic carbocycles. The predicted octanol–water partition coefficient (Wildman–Crippen LogP) is 3.43. The molecule has 1 atom stereocenters. The van der Waals surface area contributed by atoms with E-state index in [0.29, 0.717) is 23.4 Å². The summed E-state index contributed by atoms with van der Waals surface area (Å²) >= 11 is 7.33. The number of fused-ring (bicyclic) bond motifs is 3. The molecule has 3 saturated heterocycles. The largest absolute Gasteiger partial charge is 0.463 e. The standard InChI is InChI=1S/C18H18ClN3OS/c19-16-6-2-1-4-14(16)5-3-11-23-18-17(20-24-21-18)15-12-22-9-7-13(15)8-10-22/h1-2,4,6,13,15H,7-12H2. The Balaban J connectivity index is 1.42. The zero-order valence-corrected chi connectivity index (χ0v) is 14.8. The lowest BCUT2D eigenvalue weighted by Gasteiger charge is -2.44. The van der Waals surface area contributed by atoms with Gasteiger partial charge in [-0.1, -0.05) is 35.6 Å². The molecule has 4 nitrogen and oxygen atoms in total. The van der Waals surface area contributed by atoms with Crippen LogP contribution in [0, 0.1) is 17.8 Å². The zero-order chi connectivity index (χ0) is 16.4. The van der Waals surface area contributed by atoms with Crippen LogP contribution in [0.2, 0.25) is 5.02 Å². The van der Waals surface area contributed by atoms with Gasteiger partial charge in [0, 0.05) is 18.0 Å². The number of rotatable bonds is 3. The summed E-state index contributed by atoms with van der Waals surface area (Å²) < 4.78 is 14.7. The fraction of sp³-hybridized carbons (Fsp3) is 0.444. The minimum atomic E-state index is 0.296. The van der Waals surface area contributed by atoms with Crippen LogP contribution in [0.5, 0.6) is 5.88 Å². The average Bonchev–Trinajstić information content (AvgIpc) is 3.09. The second kappa shape index (κ2) is 7.10. The molecule has 0 amide bonds. The maximum Gasteiger partial charge on any atom is 0.250 e. The molecule has 0 radical (unpaired) electrons. The van der Waals surface area contributed by atoms with E-state index in [-0.39, 0.29) is 0 Å². The van der Waals surface area contributed by atoms with Crippen LogP contribution in [-0.2, 0) is 0 Å². The van der Waals surface area contributed by atoms with E-state index >= 15 is 0 Å². The second-order valence-electron chi connectivity index (χ2n) is 6.27. The number of hydrogen-bond donors (Lipinski definition) is 0. The lowest BCUT2D eigenvalue weighted by molar-refractivity contribution is 0.0843. The van der Waals surface area contributed by atoms with E-state index in [2.05, 4.69) is 25.5 Å². The fourth-order valence-electron chi connectivity index (χ4n) is 3.59. The van der Waals surface area contributed by atoms with Crippen molar-refractivity contribution in [3.8, 4) is 17.7 Å². The van der Waals surface area contributed by atoms with Gasteiger partial charge >= 0.3 is 0 Å². The third-order valence-electron chi connectivity index (χ3n) is 4.87. The van der Waals surface area contributed by atoms with E-state index in [4.69, 9.17) is 16.3 Å². The van der Waals surface area contributed by atoms with Crippen molar-refractivity contribution >= 4 is 23.3 Å². The molecule has 3 aliphatic rings. The van der Waals surface area contributed by atoms with Gasteiger partial charge < -0.3 is 9.64 Å². The maximum absolute atomic E-state index is 6.10. The van der Waals surface area contributed by atoms with Gasteiger partial charge in [0.15, 0.2) is 6.61 Å². The highest BCUT2D eigenvalue weighted by atomic mass is 35.5.